The van der Waals surface area contributed by atoms with Crippen LogP contribution in [0.1, 0.15) is 25.7 Å². The third-order valence-electron chi connectivity index (χ3n) is 3.98. The number of hydrogen-bond donors (Lipinski definition) is 0. The molecule has 0 spiro atoms. The summed E-state index contributed by atoms with van der Waals surface area (Å²) in [5.41, 5.74) is 1.07. The Labute approximate surface area is 96.3 Å². The maximum Gasteiger partial charge on any atom is 0.230 e. The van der Waals surface area contributed by atoms with E-state index in [1.54, 1.807) is 0 Å². The predicted octanol–water partition coefficient (Wildman–Crippen LogP) is 2.84. The van der Waals surface area contributed by atoms with E-state index < -0.39 is 0 Å². The molecule has 1 aromatic rings. The summed E-state index contributed by atoms with van der Waals surface area (Å²) in [7, 11) is 0. The first kappa shape index (κ1) is 9.88. The molecule has 1 amide bonds. The van der Waals surface area contributed by atoms with Crippen molar-refractivity contribution in [2.24, 2.45) is 11.8 Å². The van der Waals surface area contributed by atoms with E-state index >= 15 is 0 Å². The van der Waals surface area contributed by atoms with Crippen LogP contribution in [0, 0.1) is 11.8 Å². The molecule has 1 aromatic carbocycles. The highest BCUT2D eigenvalue weighted by Crippen LogP contribution is 2.38. The number of benzene rings is 1. The number of carbonyl (C=O) groups is 1. The Morgan fingerprint density at radius 3 is 2.56 bits per heavy atom. The van der Waals surface area contributed by atoms with Gasteiger partial charge in [0.05, 0.1) is 0 Å². The van der Waals surface area contributed by atoms with E-state index in [2.05, 4.69) is 0 Å². The Balaban J connectivity index is 1.86. The topological polar surface area (TPSA) is 20.3 Å². The van der Waals surface area contributed by atoms with Crippen LogP contribution in [0.4, 0.5) is 5.69 Å². The Morgan fingerprint density at radius 2 is 1.81 bits per heavy atom. The first-order chi connectivity index (χ1) is 7.86. The minimum Gasteiger partial charge on any atom is -0.312 e. The summed E-state index contributed by atoms with van der Waals surface area (Å²) in [6.45, 7) is 0.938. The van der Waals surface area contributed by atoms with Gasteiger partial charge in [-0.05, 0) is 30.9 Å². The molecule has 1 heterocycles. The fraction of sp³-hybridized carbons (Fsp3) is 0.500. The van der Waals surface area contributed by atoms with Gasteiger partial charge in [-0.1, -0.05) is 31.0 Å². The molecule has 1 aliphatic heterocycles. The fourth-order valence-electron chi connectivity index (χ4n) is 3.12. The number of rotatable bonds is 1. The fourth-order valence-corrected chi connectivity index (χ4v) is 3.12. The van der Waals surface area contributed by atoms with Crippen molar-refractivity contribution in [2.75, 3.05) is 11.4 Å². The Hall–Kier alpha value is -1.31. The van der Waals surface area contributed by atoms with Crippen LogP contribution in [0.2, 0.25) is 0 Å². The Kier molecular flexibility index (Phi) is 2.43. The van der Waals surface area contributed by atoms with Crippen LogP contribution in [0.25, 0.3) is 0 Å². The molecule has 84 valence electrons. The van der Waals surface area contributed by atoms with Crippen LogP contribution in [0.5, 0.6) is 0 Å². The summed E-state index contributed by atoms with van der Waals surface area (Å²) >= 11 is 0. The highest BCUT2D eigenvalue weighted by molar-refractivity contribution is 5.97. The summed E-state index contributed by atoms with van der Waals surface area (Å²) < 4.78 is 0. The number of carbonyl (C=O) groups excluding carboxylic acids is 1. The predicted molar refractivity (Wildman–Crippen MR) is 64.2 cm³/mol. The largest absolute Gasteiger partial charge is 0.312 e. The molecular weight excluding hydrogens is 198 g/mol. The molecule has 0 bridgehead atoms. The van der Waals surface area contributed by atoms with Crippen molar-refractivity contribution in [3.05, 3.63) is 30.3 Å². The molecule has 2 atom stereocenters. The van der Waals surface area contributed by atoms with Gasteiger partial charge in [0.15, 0.2) is 0 Å². The van der Waals surface area contributed by atoms with Gasteiger partial charge in [0.1, 0.15) is 0 Å². The van der Waals surface area contributed by atoms with Crippen molar-refractivity contribution in [3.8, 4) is 0 Å². The second-order valence-electron chi connectivity index (χ2n) is 4.94. The molecule has 3 rings (SSSR count). The van der Waals surface area contributed by atoms with Crippen LogP contribution < -0.4 is 4.90 Å². The van der Waals surface area contributed by atoms with Gasteiger partial charge in [-0.15, -0.1) is 0 Å². The lowest BCUT2D eigenvalue weighted by Crippen LogP contribution is -2.26. The van der Waals surface area contributed by atoms with Gasteiger partial charge in [0.25, 0.3) is 0 Å². The average molecular weight is 215 g/mol. The van der Waals surface area contributed by atoms with Crippen LogP contribution in [0.3, 0.4) is 0 Å². The molecule has 1 saturated heterocycles. The number of fused-ring (bicyclic) bond motifs is 1. The lowest BCUT2D eigenvalue weighted by atomic mass is 9.81. The summed E-state index contributed by atoms with van der Waals surface area (Å²) in [4.78, 5) is 14.3. The summed E-state index contributed by atoms with van der Waals surface area (Å²) in [6.07, 6.45) is 4.87. The molecule has 2 fully saturated rings. The van der Waals surface area contributed by atoms with E-state index in [-0.39, 0.29) is 0 Å². The number of anilines is 1. The minimum absolute atomic E-state index is 0.314. The zero-order valence-corrected chi connectivity index (χ0v) is 9.43. The monoisotopic (exact) mass is 215 g/mol. The first-order valence-electron chi connectivity index (χ1n) is 6.23. The molecule has 1 saturated carbocycles. The van der Waals surface area contributed by atoms with Gasteiger partial charge in [-0.2, -0.15) is 0 Å². The van der Waals surface area contributed by atoms with Crippen LogP contribution in [0.15, 0.2) is 30.3 Å². The van der Waals surface area contributed by atoms with Crippen molar-refractivity contribution >= 4 is 11.6 Å². The van der Waals surface area contributed by atoms with Crippen LogP contribution in [-0.2, 0) is 4.79 Å². The maximum absolute atomic E-state index is 12.3. The molecule has 0 N–H and O–H groups in total. The summed E-state index contributed by atoms with van der Waals surface area (Å²) in [5.74, 6) is 1.28. The van der Waals surface area contributed by atoms with E-state index in [1.165, 1.54) is 19.3 Å². The lowest BCUT2D eigenvalue weighted by molar-refractivity contribution is -0.121. The highest BCUT2D eigenvalue weighted by atomic mass is 16.2. The third kappa shape index (κ3) is 1.53. The van der Waals surface area contributed by atoms with E-state index in [4.69, 9.17) is 0 Å². The summed E-state index contributed by atoms with van der Waals surface area (Å²) in [5, 5.41) is 0. The molecule has 2 heteroatoms. The zero-order valence-electron chi connectivity index (χ0n) is 9.43. The number of hydrogen-bond acceptors (Lipinski definition) is 1. The molecule has 2 nitrogen and oxygen atoms in total. The van der Waals surface area contributed by atoms with E-state index in [0.29, 0.717) is 17.7 Å². The van der Waals surface area contributed by atoms with E-state index in [9.17, 15) is 4.79 Å². The normalized spacial score (nSPS) is 29.2. The lowest BCUT2D eigenvalue weighted by Gasteiger charge is -2.21. The molecule has 0 aromatic heterocycles. The van der Waals surface area contributed by atoms with Gasteiger partial charge >= 0.3 is 0 Å². The molecule has 16 heavy (non-hydrogen) atoms. The SMILES string of the molecule is O=C1[C@@H]2CCCC[C@@H]2CN1c1ccccc1. The van der Waals surface area contributed by atoms with Crippen molar-refractivity contribution in [3.63, 3.8) is 0 Å². The van der Waals surface area contributed by atoms with E-state index in [0.717, 1.165) is 18.7 Å². The minimum atomic E-state index is 0.314. The van der Waals surface area contributed by atoms with Gasteiger partial charge in [0.2, 0.25) is 5.91 Å². The number of nitrogens with zero attached hydrogens (tertiary/aromatic N) is 1. The first-order valence-corrected chi connectivity index (χ1v) is 6.23. The standard InChI is InChI=1S/C14H17NO/c16-14-13-9-5-4-6-11(13)10-15(14)12-7-2-1-3-8-12/h1-3,7-8,11,13H,4-6,9-10H2/t11-,13-/m1/s1. The zero-order chi connectivity index (χ0) is 11.0. The van der Waals surface area contributed by atoms with Crippen molar-refractivity contribution in [1.82, 2.24) is 0 Å². The average Bonchev–Trinajstić information content (AvgIpc) is 2.69. The maximum atomic E-state index is 12.3. The van der Waals surface area contributed by atoms with Crippen molar-refractivity contribution < 1.29 is 4.79 Å². The molecule has 1 aliphatic carbocycles. The van der Waals surface area contributed by atoms with E-state index in [1.807, 2.05) is 35.2 Å². The molecular formula is C14H17NO. The molecule has 0 radical (unpaired) electrons. The van der Waals surface area contributed by atoms with Crippen molar-refractivity contribution in [1.29, 1.82) is 0 Å². The second kappa shape index (κ2) is 3.93. The molecule has 0 unspecified atom stereocenters. The number of amides is 1. The molecule has 2 aliphatic rings. The Morgan fingerprint density at radius 1 is 1.06 bits per heavy atom. The number of para-hydroxylation sites is 1. The quantitative estimate of drug-likeness (QED) is 0.705. The second-order valence-corrected chi connectivity index (χ2v) is 4.94. The third-order valence-corrected chi connectivity index (χ3v) is 3.98. The van der Waals surface area contributed by atoms with Gasteiger partial charge in [0, 0.05) is 18.2 Å². The Bertz CT molecular complexity index is 387. The van der Waals surface area contributed by atoms with Crippen LogP contribution in [-0.4, -0.2) is 12.5 Å². The van der Waals surface area contributed by atoms with Gasteiger partial charge < -0.3 is 4.90 Å². The van der Waals surface area contributed by atoms with Gasteiger partial charge in [-0.3, -0.25) is 4.79 Å². The highest BCUT2D eigenvalue weighted by Gasteiger charge is 2.41. The smallest absolute Gasteiger partial charge is 0.230 e. The van der Waals surface area contributed by atoms with Crippen molar-refractivity contribution in [2.45, 2.75) is 25.7 Å². The van der Waals surface area contributed by atoms with Crippen LogP contribution >= 0.6 is 0 Å². The van der Waals surface area contributed by atoms with Gasteiger partial charge in [-0.25, -0.2) is 0 Å². The summed E-state index contributed by atoms with van der Waals surface area (Å²) in [6, 6.07) is 10.1.